The predicted octanol–water partition coefficient (Wildman–Crippen LogP) is 3.34. The Balaban J connectivity index is 1.59. The van der Waals surface area contributed by atoms with Crippen LogP contribution in [-0.2, 0) is 6.42 Å². The minimum absolute atomic E-state index is 0.380. The van der Waals surface area contributed by atoms with E-state index in [-0.39, 0.29) is 0 Å². The number of hydrogen-bond acceptors (Lipinski definition) is 5. The fraction of sp³-hybridized carbons (Fsp3) is 0.529. The maximum absolute atomic E-state index is 5.96. The predicted molar refractivity (Wildman–Crippen MR) is 84.6 cm³/mol. The highest BCUT2D eigenvalue weighted by Crippen LogP contribution is 2.26. The number of ether oxygens (including phenoxy) is 1. The second-order valence-electron chi connectivity index (χ2n) is 5.81. The van der Waals surface area contributed by atoms with E-state index < -0.39 is 0 Å². The highest BCUT2D eigenvalue weighted by atomic mass is 16.5. The first kappa shape index (κ1) is 15.0. The van der Waals surface area contributed by atoms with Crippen LogP contribution < -0.4 is 10.5 Å². The van der Waals surface area contributed by atoms with Gasteiger partial charge in [-0.25, -0.2) is 0 Å². The molecular formula is C17H23N3O2. The molecule has 0 unspecified atom stereocenters. The summed E-state index contributed by atoms with van der Waals surface area (Å²) in [5.41, 5.74) is 6.43. The van der Waals surface area contributed by atoms with E-state index in [1.54, 1.807) is 0 Å². The first-order valence-corrected chi connectivity index (χ1v) is 8.15. The molecule has 0 amide bonds. The normalized spacial score (nSPS) is 15.3. The largest absolute Gasteiger partial charge is 0.490 e. The van der Waals surface area contributed by atoms with Crippen LogP contribution in [0.25, 0.3) is 11.4 Å². The number of benzene rings is 1. The zero-order valence-electron chi connectivity index (χ0n) is 12.8. The molecule has 2 aromatic rings. The molecule has 1 aliphatic carbocycles. The van der Waals surface area contributed by atoms with Crippen molar-refractivity contribution in [3.8, 4) is 17.1 Å². The van der Waals surface area contributed by atoms with Crippen LogP contribution >= 0.6 is 0 Å². The molecule has 0 radical (unpaired) electrons. The van der Waals surface area contributed by atoms with Gasteiger partial charge in [-0.05, 0) is 69.3 Å². The van der Waals surface area contributed by atoms with Crippen LogP contribution in [0, 0.1) is 0 Å². The molecule has 0 aliphatic heterocycles. The molecule has 0 spiro atoms. The van der Waals surface area contributed by atoms with Crippen molar-refractivity contribution in [1.82, 2.24) is 10.1 Å². The fourth-order valence-corrected chi connectivity index (χ4v) is 2.78. The Morgan fingerprint density at radius 2 is 1.91 bits per heavy atom. The van der Waals surface area contributed by atoms with E-state index in [0.717, 1.165) is 30.6 Å². The molecule has 1 aromatic carbocycles. The van der Waals surface area contributed by atoms with Crippen molar-refractivity contribution in [1.29, 1.82) is 0 Å². The highest BCUT2D eigenvalue weighted by molar-refractivity contribution is 5.55. The molecule has 5 heteroatoms. The van der Waals surface area contributed by atoms with Crippen molar-refractivity contribution in [3.63, 3.8) is 0 Å². The van der Waals surface area contributed by atoms with Crippen molar-refractivity contribution >= 4 is 0 Å². The maximum Gasteiger partial charge on any atom is 0.226 e. The number of nitrogens with zero attached hydrogens (tertiary/aromatic N) is 2. The number of rotatable bonds is 7. The molecule has 118 valence electrons. The summed E-state index contributed by atoms with van der Waals surface area (Å²) in [7, 11) is 0. The Morgan fingerprint density at radius 1 is 1.14 bits per heavy atom. The number of aromatic nitrogens is 2. The van der Waals surface area contributed by atoms with Crippen LogP contribution in [0.1, 0.15) is 44.4 Å². The molecule has 2 N–H and O–H groups in total. The third-order valence-corrected chi connectivity index (χ3v) is 4.03. The lowest BCUT2D eigenvalue weighted by atomic mass is 10.2. The van der Waals surface area contributed by atoms with E-state index in [1.807, 2.05) is 24.3 Å². The third kappa shape index (κ3) is 3.85. The average molecular weight is 301 g/mol. The topological polar surface area (TPSA) is 74.2 Å². The van der Waals surface area contributed by atoms with E-state index in [2.05, 4.69) is 10.1 Å². The molecule has 1 aliphatic rings. The summed E-state index contributed by atoms with van der Waals surface area (Å²) in [5, 5.41) is 4.04. The number of hydrogen-bond donors (Lipinski definition) is 1. The summed E-state index contributed by atoms with van der Waals surface area (Å²) in [4.78, 5) is 4.43. The zero-order valence-corrected chi connectivity index (χ0v) is 12.8. The smallest absolute Gasteiger partial charge is 0.226 e. The molecule has 0 saturated heterocycles. The minimum Gasteiger partial charge on any atom is -0.490 e. The number of unbranched alkanes of at least 4 members (excludes halogenated alkanes) is 1. The van der Waals surface area contributed by atoms with Gasteiger partial charge in [-0.2, -0.15) is 4.98 Å². The molecule has 3 rings (SSSR count). The van der Waals surface area contributed by atoms with Crippen molar-refractivity contribution in [2.75, 3.05) is 6.54 Å². The van der Waals surface area contributed by atoms with Crippen LogP contribution in [0.15, 0.2) is 28.8 Å². The second-order valence-corrected chi connectivity index (χ2v) is 5.81. The Bertz CT molecular complexity index is 574. The quantitative estimate of drug-likeness (QED) is 0.794. The minimum atomic E-state index is 0.380. The lowest BCUT2D eigenvalue weighted by Crippen LogP contribution is -2.10. The van der Waals surface area contributed by atoms with Crippen LogP contribution in [0.5, 0.6) is 5.75 Å². The monoisotopic (exact) mass is 301 g/mol. The van der Waals surface area contributed by atoms with Gasteiger partial charge in [0.05, 0.1) is 6.10 Å². The van der Waals surface area contributed by atoms with Crippen molar-refractivity contribution < 1.29 is 9.26 Å². The third-order valence-electron chi connectivity index (χ3n) is 4.03. The lowest BCUT2D eigenvalue weighted by Gasteiger charge is -2.12. The number of nitrogens with two attached hydrogens (primary N) is 1. The number of aryl methyl sites for hydroxylation is 1. The summed E-state index contributed by atoms with van der Waals surface area (Å²) in [6, 6.07) is 7.94. The Morgan fingerprint density at radius 3 is 2.64 bits per heavy atom. The molecule has 1 heterocycles. The van der Waals surface area contributed by atoms with Crippen LogP contribution in [-0.4, -0.2) is 22.8 Å². The summed E-state index contributed by atoms with van der Waals surface area (Å²) < 4.78 is 11.2. The van der Waals surface area contributed by atoms with Gasteiger partial charge < -0.3 is 15.0 Å². The molecule has 5 nitrogen and oxygen atoms in total. The summed E-state index contributed by atoms with van der Waals surface area (Å²) in [6.07, 6.45) is 8.00. The molecule has 1 fully saturated rings. The van der Waals surface area contributed by atoms with Crippen LogP contribution in [0.4, 0.5) is 0 Å². The van der Waals surface area contributed by atoms with Crippen LogP contribution in [0.2, 0.25) is 0 Å². The van der Waals surface area contributed by atoms with E-state index in [0.29, 0.717) is 24.4 Å². The highest BCUT2D eigenvalue weighted by Gasteiger charge is 2.16. The van der Waals surface area contributed by atoms with Gasteiger partial charge >= 0.3 is 0 Å². The Hall–Kier alpha value is -1.88. The van der Waals surface area contributed by atoms with Gasteiger partial charge in [0.2, 0.25) is 11.7 Å². The maximum atomic E-state index is 5.96. The van der Waals surface area contributed by atoms with E-state index in [1.165, 1.54) is 25.7 Å². The van der Waals surface area contributed by atoms with Gasteiger partial charge in [0.1, 0.15) is 5.75 Å². The lowest BCUT2D eigenvalue weighted by molar-refractivity contribution is 0.210. The fourth-order valence-electron chi connectivity index (χ4n) is 2.78. The first-order chi connectivity index (χ1) is 10.8. The molecule has 0 atom stereocenters. The molecule has 1 aromatic heterocycles. The summed E-state index contributed by atoms with van der Waals surface area (Å²) >= 11 is 0. The van der Waals surface area contributed by atoms with E-state index >= 15 is 0 Å². The van der Waals surface area contributed by atoms with E-state index in [9.17, 15) is 0 Å². The van der Waals surface area contributed by atoms with Gasteiger partial charge in [0.25, 0.3) is 0 Å². The summed E-state index contributed by atoms with van der Waals surface area (Å²) in [5.74, 6) is 2.23. The van der Waals surface area contributed by atoms with Gasteiger partial charge in [-0.15, -0.1) is 0 Å². The van der Waals surface area contributed by atoms with Gasteiger partial charge in [0.15, 0.2) is 0 Å². The zero-order chi connectivity index (χ0) is 15.2. The van der Waals surface area contributed by atoms with Crippen molar-refractivity contribution in [2.24, 2.45) is 5.73 Å². The van der Waals surface area contributed by atoms with E-state index in [4.69, 9.17) is 15.0 Å². The molecular weight excluding hydrogens is 278 g/mol. The Kier molecular flexibility index (Phi) is 5.06. The molecule has 22 heavy (non-hydrogen) atoms. The SMILES string of the molecule is NCCCCc1nc(-c2ccc(OC3CCCC3)cc2)no1. The summed E-state index contributed by atoms with van der Waals surface area (Å²) in [6.45, 7) is 0.698. The Labute approximate surface area is 130 Å². The van der Waals surface area contributed by atoms with Crippen LogP contribution in [0.3, 0.4) is 0 Å². The van der Waals surface area contributed by atoms with Gasteiger partial charge in [-0.1, -0.05) is 5.16 Å². The van der Waals surface area contributed by atoms with Crippen molar-refractivity contribution in [3.05, 3.63) is 30.2 Å². The van der Waals surface area contributed by atoms with Crippen molar-refractivity contribution in [2.45, 2.75) is 51.0 Å². The standard InChI is InChI=1S/C17H23N3O2/c18-12-4-3-7-16-19-17(20-22-16)13-8-10-15(11-9-13)21-14-5-1-2-6-14/h8-11,14H,1-7,12,18H2. The van der Waals surface area contributed by atoms with Gasteiger partial charge in [-0.3, -0.25) is 0 Å². The molecule has 0 bridgehead atoms. The average Bonchev–Trinajstić information content (AvgIpc) is 3.20. The first-order valence-electron chi connectivity index (χ1n) is 8.15. The van der Waals surface area contributed by atoms with Gasteiger partial charge in [0, 0.05) is 12.0 Å². The molecule has 1 saturated carbocycles. The second kappa shape index (κ2) is 7.40.